The van der Waals surface area contributed by atoms with Crippen LogP contribution >= 0.6 is 0 Å². The van der Waals surface area contributed by atoms with Crippen LogP contribution in [0.1, 0.15) is 23.0 Å². The third-order valence-corrected chi connectivity index (χ3v) is 5.14. The predicted octanol–water partition coefficient (Wildman–Crippen LogP) is 4.91. The molecule has 0 fully saturated rings. The molecule has 6 nitrogen and oxygen atoms in total. The molecule has 1 amide bonds. The van der Waals surface area contributed by atoms with Crippen LogP contribution in [0.25, 0.3) is 5.65 Å². The number of ether oxygens (including phenoxy) is 2. The van der Waals surface area contributed by atoms with Gasteiger partial charge in [-0.3, -0.25) is 14.1 Å². The summed E-state index contributed by atoms with van der Waals surface area (Å²) in [6, 6.07) is 15.2. The molecule has 170 valence electrons. The molecule has 0 bridgehead atoms. The zero-order valence-corrected chi connectivity index (χ0v) is 18.3. The fraction of sp³-hybridized carbons (Fsp3) is 0.200. The molecule has 0 spiro atoms. The fourth-order valence-electron chi connectivity index (χ4n) is 3.54. The number of anilines is 1. The number of aryl methyl sites for hydroxylation is 1. The molecule has 0 saturated carbocycles. The number of fused-ring (bicyclic) bond motifs is 1. The second-order valence-electron chi connectivity index (χ2n) is 7.30. The lowest BCUT2D eigenvalue weighted by molar-refractivity contribution is 0.0988. The molecule has 2 heterocycles. The lowest BCUT2D eigenvalue weighted by atomic mass is 10.2. The SMILES string of the molecule is CCc1nc2c(OCCOc3ccc(F)cc3)cccn2c1N(C)C(=O)c1ccccc1F. The molecule has 0 saturated heterocycles. The van der Waals surface area contributed by atoms with Crippen LogP contribution in [-0.4, -0.2) is 35.6 Å². The van der Waals surface area contributed by atoms with E-state index in [9.17, 15) is 13.6 Å². The van der Waals surface area contributed by atoms with Crippen LogP contribution in [0.4, 0.5) is 14.6 Å². The van der Waals surface area contributed by atoms with E-state index < -0.39 is 11.7 Å². The van der Waals surface area contributed by atoms with Crippen molar-refractivity contribution in [3.63, 3.8) is 0 Å². The number of carbonyl (C=O) groups is 1. The van der Waals surface area contributed by atoms with Crippen molar-refractivity contribution < 1.29 is 23.0 Å². The van der Waals surface area contributed by atoms with Crippen LogP contribution in [0.2, 0.25) is 0 Å². The maximum absolute atomic E-state index is 14.2. The Morgan fingerprint density at radius 3 is 2.45 bits per heavy atom. The summed E-state index contributed by atoms with van der Waals surface area (Å²) in [7, 11) is 1.60. The highest BCUT2D eigenvalue weighted by Crippen LogP contribution is 2.29. The summed E-state index contributed by atoms with van der Waals surface area (Å²) < 4.78 is 40.4. The Kier molecular flexibility index (Phi) is 6.53. The quantitative estimate of drug-likeness (QED) is 0.357. The Bertz CT molecular complexity index is 1270. The number of hydrogen-bond acceptors (Lipinski definition) is 4. The maximum Gasteiger partial charge on any atom is 0.262 e. The van der Waals surface area contributed by atoms with E-state index in [1.54, 1.807) is 54.0 Å². The van der Waals surface area contributed by atoms with Gasteiger partial charge < -0.3 is 9.47 Å². The minimum Gasteiger partial charge on any atom is -0.490 e. The Morgan fingerprint density at radius 1 is 1.00 bits per heavy atom. The van der Waals surface area contributed by atoms with Crippen LogP contribution in [-0.2, 0) is 6.42 Å². The van der Waals surface area contributed by atoms with E-state index in [0.717, 1.165) is 0 Å². The molecular formula is C25H23F2N3O3. The average Bonchev–Trinajstić information content (AvgIpc) is 3.22. The molecule has 0 aliphatic heterocycles. The molecule has 2 aromatic heterocycles. The van der Waals surface area contributed by atoms with E-state index in [4.69, 9.17) is 9.47 Å². The molecule has 0 aliphatic carbocycles. The van der Waals surface area contributed by atoms with Gasteiger partial charge in [0, 0.05) is 13.2 Å². The first-order valence-electron chi connectivity index (χ1n) is 10.5. The zero-order valence-electron chi connectivity index (χ0n) is 18.3. The second-order valence-corrected chi connectivity index (χ2v) is 7.30. The summed E-state index contributed by atoms with van der Waals surface area (Å²) in [6.45, 7) is 2.43. The largest absolute Gasteiger partial charge is 0.490 e. The number of hydrogen-bond donors (Lipinski definition) is 0. The van der Waals surface area contributed by atoms with Crippen LogP contribution in [0.5, 0.6) is 11.5 Å². The molecule has 0 N–H and O–H groups in total. The van der Waals surface area contributed by atoms with Crippen molar-refractivity contribution in [1.82, 2.24) is 9.38 Å². The summed E-state index contributed by atoms with van der Waals surface area (Å²) >= 11 is 0. The maximum atomic E-state index is 14.2. The minimum absolute atomic E-state index is 0.0117. The number of imidazole rings is 1. The summed E-state index contributed by atoms with van der Waals surface area (Å²) in [4.78, 5) is 19.1. The van der Waals surface area contributed by atoms with E-state index >= 15 is 0 Å². The van der Waals surface area contributed by atoms with Crippen molar-refractivity contribution in [3.05, 3.63) is 89.8 Å². The number of carbonyl (C=O) groups excluding carboxylic acids is 1. The van der Waals surface area contributed by atoms with Gasteiger partial charge >= 0.3 is 0 Å². The molecule has 8 heteroatoms. The summed E-state index contributed by atoms with van der Waals surface area (Å²) in [6.07, 6.45) is 2.35. The lowest BCUT2D eigenvalue weighted by Gasteiger charge is -2.19. The van der Waals surface area contributed by atoms with Gasteiger partial charge in [0.1, 0.15) is 36.4 Å². The van der Waals surface area contributed by atoms with Gasteiger partial charge in [-0.1, -0.05) is 19.1 Å². The topological polar surface area (TPSA) is 56.1 Å². The number of nitrogens with zero attached hydrogens (tertiary/aromatic N) is 3. The molecule has 4 aromatic rings. The Morgan fingerprint density at radius 2 is 1.73 bits per heavy atom. The third-order valence-electron chi connectivity index (χ3n) is 5.14. The molecule has 0 radical (unpaired) electrons. The second kappa shape index (κ2) is 9.68. The van der Waals surface area contributed by atoms with Crippen molar-refractivity contribution in [2.45, 2.75) is 13.3 Å². The van der Waals surface area contributed by atoms with Crippen LogP contribution < -0.4 is 14.4 Å². The summed E-state index contributed by atoms with van der Waals surface area (Å²) in [5, 5.41) is 0. The summed E-state index contributed by atoms with van der Waals surface area (Å²) in [5.74, 6) is 0.241. The number of rotatable bonds is 8. The van der Waals surface area contributed by atoms with Crippen molar-refractivity contribution in [3.8, 4) is 11.5 Å². The first-order valence-corrected chi connectivity index (χ1v) is 10.5. The zero-order chi connectivity index (χ0) is 23.4. The van der Waals surface area contributed by atoms with Gasteiger partial charge in [-0.2, -0.15) is 0 Å². The molecule has 2 aromatic carbocycles. The molecule has 0 aliphatic rings. The average molecular weight is 451 g/mol. The van der Waals surface area contributed by atoms with E-state index in [2.05, 4.69) is 4.98 Å². The van der Waals surface area contributed by atoms with Crippen molar-refractivity contribution >= 4 is 17.4 Å². The number of aromatic nitrogens is 2. The van der Waals surface area contributed by atoms with Gasteiger partial charge in [-0.15, -0.1) is 0 Å². The number of halogens is 2. The van der Waals surface area contributed by atoms with E-state index in [1.165, 1.54) is 29.2 Å². The van der Waals surface area contributed by atoms with Gasteiger partial charge in [0.2, 0.25) is 0 Å². The highest BCUT2D eigenvalue weighted by molar-refractivity contribution is 6.06. The predicted molar refractivity (Wildman–Crippen MR) is 121 cm³/mol. The van der Waals surface area contributed by atoms with Gasteiger partial charge in [-0.05, 0) is 55.0 Å². The normalized spacial score (nSPS) is 10.9. The van der Waals surface area contributed by atoms with Crippen molar-refractivity contribution in [2.75, 3.05) is 25.2 Å². The number of amides is 1. The van der Waals surface area contributed by atoms with Gasteiger partial charge in [0.25, 0.3) is 5.91 Å². The highest BCUT2D eigenvalue weighted by Gasteiger charge is 2.24. The van der Waals surface area contributed by atoms with E-state index in [1.807, 2.05) is 6.92 Å². The van der Waals surface area contributed by atoms with E-state index in [0.29, 0.717) is 35.1 Å². The first kappa shape index (κ1) is 22.3. The monoisotopic (exact) mass is 451 g/mol. The Labute approximate surface area is 190 Å². The molecule has 4 rings (SSSR count). The smallest absolute Gasteiger partial charge is 0.262 e. The summed E-state index contributed by atoms with van der Waals surface area (Å²) in [5.41, 5.74) is 1.21. The standard InChI is InChI=1S/C25H23F2N3O3/c1-3-21-24(29(2)25(31)19-7-4-5-8-20(19)27)30-14-6-9-22(23(30)28-21)33-16-15-32-18-12-10-17(26)11-13-18/h4-14H,3,15-16H2,1-2H3. The molecule has 33 heavy (non-hydrogen) atoms. The minimum atomic E-state index is -0.577. The molecule has 0 unspecified atom stereocenters. The van der Waals surface area contributed by atoms with Crippen molar-refractivity contribution in [2.24, 2.45) is 0 Å². The van der Waals surface area contributed by atoms with Crippen LogP contribution in [0.15, 0.2) is 66.9 Å². The fourth-order valence-corrected chi connectivity index (χ4v) is 3.54. The first-order chi connectivity index (χ1) is 16.0. The highest BCUT2D eigenvalue weighted by atomic mass is 19.1. The van der Waals surface area contributed by atoms with Crippen molar-refractivity contribution in [1.29, 1.82) is 0 Å². The Hall–Kier alpha value is -3.94. The lowest BCUT2D eigenvalue weighted by Crippen LogP contribution is -2.29. The van der Waals surface area contributed by atoms with Gasteiger partial charge in [0.15, 0.2) is 11.4 Å². The molecular weight excluding hydrogens is 428 g/mol. The van der Waals surface area contributed by atoms with Gasteiger partial charge in [0.05, 0.1) is 11.3 Å². The number of pyridine rings is 1. The number of benzene rings is 2. The third kappa shape index (κ3) is 4.64. The van der Waals surface area contributed by atoms with Crippen LogP contribution in [0.3, 0.4) is 0 Å². The van der Waals surface area contributed by atoms with E-state index in [-0.39, 0.29) is 24.6 Å². The Balaban J connectivity index is 1.55. The van der Waals surface area contributed by atoms with Gasteiger partial charge in [-0.25, -0.2) is 13.8 Å². The van der Waals surface area contributed by atoms with Crippen LogP contribution in [0, 0.1) is 11.6 Å². The molecule has 0 atom stereocenters.